The summed E-state index contributed by atoms with van der Waals surface area (Å²) in [7, 11) is 1.59. The van der Waals surface area contributed by atoms with E-state index in [0.29, 0.717) is 18.0 Å². The molecule has 254 valence electrons. The normalized spacial score (nSPS) is 12.5. The zero-order valence-electron chi connectivity index (χ0n) is 29.2. The van der Waals surface area contributed by atoms with Crippen molar-refractivity contribution in [2.45, 2.75) is 104 Å². The lowest BCUT2D eigenvalue weighted by Crippen LogP contribution is -2.53. The summed E-state index contributed by atoms with van der Waals surface area (Å²) in [6.07, 6.45) is 5.68. The van der Waals surface area contributed by atoms with Crippen molar-refractivity contribution in [1.82, 2.24) is 10.2 Å². The van der Waals surface area contributed by atoms with Crippen molar-refractivity contribution in [1.29, 1.82) is 0 Å². The van der Waals surface area contributed by atoms with Crippen molar-refractivity contribution in [3.8, 4) is 5.75 Å². The number of ether oxygens (including phenoxy) is 2. The van der Waals surface area contributed by atoms with E-state index in [2.05, 4.69) is 17.6 Å². The van der Waals surface area contributed by atoms with Crippen LogP contribution in [0.4, 0.5) is 10.5 Å². The van der Waals surface area contributed by atoms with E-state index in [4.69, 9.17) is 9.47 Å². The number of hydrogen-bond acceptors (Lipinski definition) is 5. The molecule has 0 fully saturated rings. The number of rotatable bonds is 16. The summed E-state index contributed by atoms with van der Waals surface area (Å²) in [5.74, 6) is -0.00564. The molecule has 0 bridgehead atoms. The minimum atomic E-state index is -0.964. The summed E-state index contributed by atoms with van der Waals surface area (Å²) in [4.78, 5) is 44.0. The zero-order chi connectivity index (χ0) is 34.4. The van der Waals surface area contributed by atoms with Gasteiger partial charge in [-0.15, -0.1) is 0 Å². The van der Waals surface area contributed by atoms with E-state index < -0.39 is 23.8 Å². The molecule has 0 saturated heterocycles. The number of alkyl carbamates (subject to hydrolysis) is 1. The molecule has 0 aliphatic rings. The first kappa shape index (κ1) is 37.1. The van der Waals surface area contributed by atoms with Crippen molar-refractivity contribution >= 4 is 23.6 Å². The van der Waals surface area contributed by atoms with Crippen LogP contribution in [0.3, 0.4) is 0 Å². The second kappa shape index (κ2) is 18.1. The average molecular weight is 644 g/mol. The molecular weight excluding hydrogens is 590 g/mol. The van der Waals surface area contributed by atoms with Gasteiger partial charge in [-0.25, -0.2) is 4.79 Å². The Balaban J connectivity index is 2.08. The summed E-state index contributed by atoms with van der Waals surface area (Å²) in [6, 6.07) is 20.6. The maximum atomic E-state index is 14.8. The number of methoxy groups -OCH3 is 1. The lowest BCUT2D eigenvalue weighted by atomic mass is 9.94. The highest BCUT2D eigenvalue weighted by molar-refractivity contribution is 5.99. The van der Waals surface area contributed by atoms with Gasteiger partial charge in [-0.2, -0.15) is 0 Å². The molecule has 8 nitrogen and oxygen atoms in total. The van der Waals surface area contributed by atoms with Crippen LogP contribution in [-0.2, 0) is 20.7 Å². The van der Waals surface area contributed by atoms with E-state index in [0.717, 1.165) is 60.8 Å². The van der Waals surface area contributed by atoms with Crippen LogP contribution in [0.5, 0.6) is 5.75 Å². The lowest BCUT2D eigenvalue weighted by Gasteiger charge is -2.35. The van der Waals surface area contributed by atoms with Gasteiger partial charge in [-0.05, 0) is 87.6 Å². The number of hydrogen-bond donors (Lipinski definition) is 2. The standard InChI is InChI=1S/C39H53N3O5/c1-8-9-10-11-12-16-26-42(37(44)34(27-30-19-14-13-15-20-30)41-38(45)47-39(4,5)6)35(33-21-17-18-28(2)29(33)3)36(43)40-31-22-24-32(46-7)25-23-31/h13-15,17-25,34-35H,8-12,16,26-27H2,1-7H3,(H,40,43)(H,41,45). The molecule has 0 heterocycles. The number of nitrogens with zero attached hydrogens (tertiary/aromatic N) is 1. The maximum Gasteiger partial charge on any atom is 0.408 e. The molecule has 0 aliphatic carbocycles. The van der Waals surface area contributed by atoms with E-state index in [1.165, 1.54) is 0 Å². The molecule has 2 atom stereocenters. The molecule has 2 unspecified atom stereocenters. The fraction of sp³-hybridized carbons (Fsp3) is 0.462. The van der Waals surface area contributed by atoms with Crippen LogP contribution in [0.1, 0.15) is 94.5 Å². The van der Waals surface area contributed by atoms with Crippen LogP contribution in [0.2, 0.25) is 0 Å². The Morgan fingerprint density at radius 1 is 0.830 bits per heavy atom. The third kappa shape index (κ3) is 11.8. The number of unbranched alkanes of at least 4 members (excludes halogenated alkanes) is 5. The van der Waals surface area contributed by atoms with E-state index in [1.54, 1.807) is 57.0 Å². The second-order valence-corrected chi connectivity index (χ2v) is 13.1. The molecule has 0 saturated carbocycles. The van der Waals surface area contributed by atoms with Crippen molar-refractivity contribution in [2.24, 2.45) is 0 Å². The van der Waals surface area contributed by atoms with Gasteiger partial charge in [0.05, 0.1) is 7.11 Å². The van der Waals surface area contributed by atoms with Crippen LogP contribution < -0.4 is 15.4 Å². The molecule has 3 aromatic rings. The Labute approximate surface area is 281 Å². The predicted octanol–water partition coefficient (Wildman–Crippen LogP) is 8.32. The number of benzene rings is 3. The first-order chi connectivity index (χ1) is 22.4. The summed E-state index contributed by atoms with van der Waals surface area (Å²) < 4.78 is 10.9. The van der Waals surface area contributed by atoms with Crippen molar-refractivity contribution in [3.63, 3.8) is 0 Å². The Bertz CT molecular complexity index is 1430. The fourth-order valence-electron chi connectivity index (χ4n) is 5.53. The molecule has 8 heteroatoms. The van der Waals surface area contributed by atoms with Crippen molar-refractivity contribution < 1.29 is 23.9 Å². The number of aryl methyl sites for hydroxylation is 1. The van der Waals surface area contributed by atoms with E-state index in [-0.39, 0.29) is 18.2 Å². The molecule has 0 radical (unpaired) electrons. The Kier molecular flexibility index (Phi) is 14.3. The van der Waals surface area contributed by atoms with Gasteiger partial charge in [0.2, 0.25) is 5.91 Å². The van der Waals surface area contributed by atoms with Gasteiger partial charge in [0.15, 0.2) is 0 Å². The highest BCUT2D eigenvalue weighted by Crippen LogP contribution is 2.30. The number of carbonyl (C=O) groups is 3. The van der Waals surface area contributed by atoms with E-state index in [9.17, 15) is 14.4 Å². The SMILES string of the molecule is CCCCCCCCN(C(=O)C(Cc1ccccc1)NC(=O)OC(C)(C)C)C(C(=O)Nc1ccc(OC)cc1)c1cccc(C)c1C. The number of anilines is 1. The van der Waals surface area contributed by atoms with Crippen LogP contribution in [0.25, 0.3) is 0 Å². The molecule has 3 aromatic carbocycles. The van der Waals surface area contributed by atoms with Crippen LogP contribution >= 0.6 is 0 Å². The van der Waals surface area contributed by atoms with Gasteiger partial charge in [-0.3, -0.25) is 9.59 Å². The first-order valence-corrected chi connectivity index (χ1v) is 16.8. The van der Waals surface area contributed by atoms with Gasteiger partial charge >= 0.3 is 6.09 Å². The highest BCUT2D eigenvalue weighted by atomic mass is 16.6. The smallest absolute Gasteiger partial charge is 0.408 e. The zero-order valence-corrected chi connectivity index (χ0v) is 29.2. The topological polar surface area (TPSA) is 97.0 Å². The van der Waals surface area contributed by atoms with Gasteiger partial charge in [-0.1, -0.05) is 87.6 Å². The molecule has 0 spiro atoms. The fourth-order valence-corrected chi connectivity index (χ4v) is 5.53. The van der Waals surface area contributed by atoms with Crippen LogP contribution in [-0.4, -0.2) is 48.1 Å². The molecular formula is C39H53N3O5. The van der Waals surface area contributed by atoms with Gasteiger partial charge < -0.3 is 25.0 Å². The van der Waals surface area contributed by atoms with Gasteiger partial charge in [0.1, 0.15) is 23.4 Å². The van der Waals surface area contributed by atoms with Crippen LogP contribution in [0.15, 0.2) is 72.8 Å². The van der Waals surface area contributed by atoms with Crippen LogP contribution in [0, 0.1) is 13.8 Å². The number of carbonyl (C=O) groups excluding carboxylic acids is 3. The average Bonchev–Trinajstić information content (AvgIpc) is 3.03. The quantitative estimate of drug-likeness (QED) is 0.153. The largest absolute Gasteiger partial charge is 0.497 e. The summed E-state index contributed by atoms with van der Waals surface area (Å²) in [5, 5.41) is 5.91. The number of amides is 3. The lowest BCUT2D eigenvalue weighted by molar-refractivity contribution is -0.140. The van der Waals surface area contributed by atoms with E-state index >= 15 is 0 Å². The molecule has 2 N–H and O–H groups in total. The summed E-state index contributed by atoms with van der Waals surface area (Å²) >= 11 is 0. The first-order valence-electron chi connectivity index (χ1n) is 16.8. The van der Waals surface area contributed by atoms with Crippen molar-refractivity contribution in [2.75, 3.05) is 19.0 Å². The molecule has 0 aromatic heterocycles. The summed E-state index contributed by atoms with van der Waals surface area (Å²) in [5.41, 5.74) is 3.42. The molecule has 3 amide bonds. The highest BCUT2D eigenvalue weighted by Gasteiger charge is 2.37. The molecule has 47 heavy (non-hydrogen) atoms. The molecule has 0 aliphatic heterocycles. The second-order valence-electron chi connectivity index (χ2n) is 13.1. The van der Waals surface area contributed by atoms with Gasteiger partial charge in [0, 0.05) is 18.7 Å². The predicted molar refractivity (Wildman–Crippen MR) is 189 cm³/mol. The van der Waals surface area contributed by atoms with Crippen molar-refractivity contribution in [3.05, 3.63) is 95.1 Å². The third-order valence-electron chi connectivity index (χ3n) is 8.17. The Morgan fingerprint density at radius 3 is 2.13 bits per heavy atom. The summed E-state index contributed by atoms with van der Waals surface area (Å²) in [6.45, 7) is 11.9. The minimum absolute atomic E-state index is 0.242. The number of nitrogens with one attached hydrogen (secondary N) is 2. The monoisotopic (exact) mass is 643 g/mol. The Hall–Kier alpha value is -4.33. The maximum absolute atomic E-state index is 14.8. The minimum Gasteiger partial charge on any atom is -0.497 e. The third-order valence-corrected chi connectivity index (χ3v) is 8.17. The molecule has 3 rings (SSSR count). The van der Waals surface area contributed by atoms with Gasteiger partial charge in [0.25, 0.3) is 5.91 Å². The Morgan fingerprint density at radius 2 is 1.49 bits per heavy atom. The van der Waals surface area contributed by atoms with E-state index in [1.807, 2.05) is 62.4 Å².